The molecule has 9 nitrogen and oxygen atoms in total. The lowest BCUT2D eigenvalue weighted by atomic mass is 9.94. The molecule has 1 aromatic rings. The van der Waals surface area contributed by atoms with Crippen molar-refractivity contribution in [1.29, 1.82) is 0 Å². The smallest absolute Gasteiger partial charge is 0.306 e. The SMILES string of the molecule is CC(C)CNNC(=O)[C@]1(CCC(=O)OC(C)(C)C)COC(c2ccc(OCCCO)cc2)=N1. The highest BCUT2D eigenvalue weighted by Crippen LogP contribution is 2.28. The van der Waals surface area contributed by atoms with Crippen LogP contribution in [0.5, 0.6) is 5.75 Å². The summed E-state index contributed by atoms with van der Waals surface area (Å²) in [6.07, 6.45) is 0.743. The first-order chi connectivity index (χ1) is 15.5. The number of hydrogen-bond acceptors (Lipinski definition) is 8. The molecule has 184 valence electrons. The van der Waals surface area contributed by atoms with Crippen LogP contribution in [0.15, 0.2) is 29.3 Å². The number of amides is 1. The van der Waals surface area contributed by atoms with E-state index in [9.17, 15) is 9.59 Å². The summed E-state index contributed by atoms with van der Waals surface area (Å²) in [5, 5.41) is 8.86. The number of ether oxygens (including phenoxy) is 3. The van der Waals surface area contributed by atoms with E-state index in [0.717, 1.165) is 0 Å². The maximum atomic E-state index is 13.1. The van der Waals surface area contributed by atoms with Gasteiger partial charge in [0.25, 0.3) is 5.91 Å². The first-order valence-corrected chi connectivity index (χ1v) is 11.4. The van der Waals surface area contributed by atoms with Gasteiger partial charge in [0, 0.05) is 31.6 Å². The summed E-state index contributed by atoms with van der Waals surface area (Å²) in [5.74, 6) is 0.598. The van der Waals surface area contributed by atoms with Crippen LogP contribution in [-0.2, 0) is 19.1 Å². The van der Waals surface area contributed by atoms with Gasteiger partial charge in [0.2, 0.25) is 5.90 Å². The van der Waals surface area contributed by atoms with Crippen molar-refractivity contribution in [2.45, 2.75) is 65.0 Å². The fourth-order valence-electron chi connectivity index (χ4n) is 3.05. The number of aliphatic hydroxyl groups excluding tert-OH is 1. The second-order valence-corrected chi connectivity index (χ2v) is 9.50. The Morgan fingerprint density at radius 3 is 2.55 bits per heavy atom. The Bertz CT molecular complexity index is 816. The zero-order valence-electron chi connectivity index (χ0n) is 20.3. The number of nitrogens with zero attached hydrogens (tertiary/aromatic N) is 1. The average Bonchev–Trinajstić information content (AvgIpc) is 3.17. The van der Waals surface area contributed by atoms with Gasteiger partial charge in [-0.3, -0.25) is 15.0 Å². The Hall–Kier alpha value is -2.65. The van der Waals surface area contributed by atoms with E-state index >= 15 is 0 Å². The molecule has 0 aromatic heterocycles. The highest BCUT2D eigenvalue weighted by Gasteiger charge is 2.45. The normalized spacial score (nSPS) is 18.0. The number of benzene rings is 1. The van der Waals surface area contributed by atoms with Gasteiger partial charge in [-0.1, -0.05) is 13.8 Å². The molecule has 0 saturated heterocycles. The number of esters is 1. The summed E-state index contributed by atoms with van der Waals surface area (Å²) in [7, 11) is 0. The molecule has 1 atom stereocenters. The van der Waals surface area contributed by atoms with Crippen LogP contribution >= 0.6 is 0 Å². The monoisotopic (exact) mass is 463 g/mol. The van der Waals surface area contributed by atoms with Gasteiger partial charge >= 0.3 is 5.97 Å². The molecule has 1 amide bonds. The molecular formula is C24H37N3O6. The van der Waals surface area contributed by atoms with E-state index in [-0.39, 0.29) is 32.0 Å². The molecule has 1 aliphatic rings. The fraction of sp³-hybridized carbons (Fsp3) is 0.625. The van der Waals surface area contributed by atoms with Crippen LogP contribution in [-0.4, -0.2) is 60.4 Å². The molecule has 0 aliphatic carbocycles. The minimum absolute atomic E-state index is 0.0229. The number of hydrogen-bond donors (Lipinski definition) is 3. The third kappa shape index (κ3) is 8.66. The molecular weight excluding hydrogens is 426 g/mol. The van der Waals surface area contributed by atoms with Gasteiger partial charge in [-0.2, -0.15) is 0 Å². The predicted molar refractivity (Wildman–Crippen MR) is 125 cm³/mol. The molecule has 3 N–H and O–H groups in total. The molecule has 0 spiro atoms. The van der Waals surface area contributed by atoms with E-state index in [4.69, 9.17) is 19.3 Å². The maximum Gasteiger partial charge on any atom is 0.306 e. The Kier molecular flexibility index (Phi) is 9.67. The van der Waals surface area contributed by atoms with Crippen molar-refractivity contribution in [3.63, 3.8) is 0 Å². The molecule has 0 unspecified atom stereocenters. The van der Waals surface area contributed by atoms with Crippen molar-refractivity contribution in [3.8, 4) is 5.75 Å². The fourth-order valence-corrected chi connectivity index (χ4v) is 3.05. The molecule has 9 heteroatoms. The largest absolute Gasteiger partial charge is 0.494 e. The van der Waals surface area contributed by atoms with Gasteiger partial charge in [-0.25, -0.2) is 10.4 Å². The Balaban J connectivity index is 2.15. The second kappa shape index (κ2) is 12.0. The van der Waals surface area contributed by atoms with Gasteiger partial charge in [-0.05, 0) is 57.4 Å². The zero-order valence-corrected chi connectivity index (χ0v) is 20.3. The predicted octanol–water partition coefficient (Wildman–Crippen LogP) is 2.36. The van der Waals surface area contributed by atoms with Crippen LogP contribution in [0.3, 0.4) is 0 Å². The van der Waals surface area contributed by atoms with E-state index in [1.165, 1.54) is 0 Å². The molecule has 33 heavy (non-hydrogen) atoms. The highest BCUT2D eigenvalue weighted by molar-refractivity contribution is 6.00. The van der Waals surface area contributed by atoms with Crippen LogP contribution in [0, 0.1) is 5.92 Å². The van der Waals surface area contributed by atoms with Crippen molar-refractivity contribution in [2.75, 3.05) is 26.4 Å². The second-order valence-electron chi connectivity index (χ2n) is 9.50. The highest BCUT2D eigenvalue weighted by atomic mass is 16.6. The maximum absolute atomic E-state index is 13.1. The van der Waals surface area contributed by atoms with Crippen LogP contribution in [0.2, 0.25) is 0 Å². The molecule has 0 radical (unpaired) electrons. The molecule has 2 rings (SSSR count). The number of carbonyl (C=O) groups is 2. The number of carbonyl (C=O) groups excluding carboxylic acids is 2. The third-order valence-electron chi connectivity index (χ3n) is 4.73. The molecule has 0 bridgehead atoms. The Labute approximate surface area is 195 Å². The van der Waals surface area contributed by atoms with E-state index in [1.54, 1.807) is 45.0 Å². The molecule has 0 saturated carbocycles. The van der Waals surface area contributed by atoms with Crippen LogP contribution in [0.1, 0.15) is 59.4 Å². The van der Waals surface area contributed by atoms with E-state index < -0.39 is 17.1 Å². The van der Waals surface area contributed by atoms with Crippen LogP contribution in [0.25, 0.3) is 0 Å². The lowest BCUT2D eigenvalue weighted by molar-refractivity contribution is -0.155. The van der Waals surface area contributed by atoms with Crippen LogP contribution < -0.4 is 15.6 Å². The molecule has 1 aromatic carbocycles. The van der Waals surface area contributed by atoms with Crippen LogP contribution in [0.4, 0.5) is 0 Å². The van der Waals surface area contributed by atoms with Crippen molar-refractivity contribution in [1.82, 2.24) is 10.9 Å². The summed E-state index contributed by atoms with van der Waals surface area (Å²) in [6.45, 7) is 10.6. The molecule has 1 heterocycles. The van der Waals surface area contributed by atoms with Gasteiger partial charge in [0.15, 0.2) is 5.54 Å². The standard InChI is InChI=1S/C24H37N3O6/c1-17(2)15-25-27-22(30)24(12-11-20(29)33-23(3,4)5)16-32-21(26-24)18-7-9-19(10-8-18)31-14-6-13-28/h7-10,17,25,28H,6,11-16H2,1-5H3,(H,27,30)/t24-/m0/s1. The minimum Gasteiger partial charge on any atom is -0.494 e. The number of aliphatic hydroxyl groups is 1. The number of aliphatic imine (C=N–C) groups is 1. The first kappa shape index (κ1) is 26.6. The van der Waals surface area contributed by atoms with Gasteiger partial charge < -0.3 is 19.3 Å². The Morgan fingerprint density at radius 2 is 1.94 bits per heavy atom. The summed E-state index contributed by atoms with van der Waals surface area (Å²) in [5.41, 5.74) is 4.49. The number of nitrogens with one attached hydrogen (secondary N) is 2. The summed E-state index contributed by atoms with van der Waals surface area (Å²) in [6, 6.07) is 7.16. The Morgan fingerprint density at radius 1 is 1.24 bits per heavy atom. The van der Waals surface area contributed by atoms with Gasteiger partial charge in [-0.15, -0.1) is 0 Å². The third-order valence-corrected chi connectivity index (χ3v) is 4.73. The van der Waals surface area contributed by atoms with Crippen molar-refractivity contribution in [3.05, 3.63) is 29.8 Å². The molecule has 0 fully saturated rings. The summed E-state index contributed by atoms with van der Waals surface area (Å²) in [4.78, 5) is 30.0. The van der Waals surface area contributed by atoms with Gasteiger partial charge in [0.05, 0.1) is 6.61 Å². The van der Waals surface area contributed by atoms with Gasteiger partial charge in [0.1, 0.15) is 18.0 Å². The zero-order chi connectivity index (χ0) is 24.5. The number of hydrazine groups is 1. The van der Waals surface area contributed by atoms with Crippen molar-refractivity contribution in [2.24, 2.45) is 10.9 Å². The minimum atomic E-state index is -1.24. The van der Waals surface area contributed by atoms with E-state index in [2.05, 4.69) is 15.8 Å². The van der Waals surface area contributed by atoms with Crippen molar-refractivity contribution < 1.29 is 28.9 Å². The summed E-state index contributed by atoms with van der Waals surface area (Å²) >= 11 is 0. The molecule has 1 aliphatic heterocycles. The quantitative estimate of drug-likeness (QED) is 0.247. The lowest BCUT2D eigenvalue weighted by Crippen LogP contribution is -2.52. The topological polar surface area (TPSA) is 118 Å². The lowest BCUT2D eigenvalue weighted by Gasteiger charge is -2.24. The van der Waals surface area contributed by atoms with E-state index in [0.29, 0.717) is 42.7 Å². The number of rotatable bonds is 12. The first-order valence-electron chi connectivity index (χ1n) is 11.4. The van der Waals surface area contributed by atoms with Crippen molar-refractivity contribution >= 4 is 17.8 Å². The average molecular weight is 464 g/mol. The summed E-state index contributed by atoms with van der Waals surface area (Å²) < 4.78 is 16.8. The van der Waals surface area contributed by atoms with E-state index in [1.807, 2.05) is 13.8 Å².